The smallest absolute Gasteiger partial charge is 0.159 e. The molecule has 0 aliphatic heterocycles. The summed E-state index contributed by atoms with van der Waals surface area (Å²) in [6, 6.07) is 0. The molecule has 1 heteroatoms. The van der Waals surface area contributed by atoms with Crippen LogP contribution in [0.25, 0.3) is 0 Å². The van der Waals surface area contributed by atoms with Crippen LogP contribution in [-0.4, -0.2) is 5.78 Å². The molecule has 0 spiro atoms. The van der Waals surface area contributed by atoms with E-state index in [9.17, 15) is 4.79 Å². The summed E-state index contributed by atoms with van der Waals surface area (Å²) in [5.41, 5.74) is 0.693. The van der Waals surface area contributed by atoms with Crippen molar-refractivity contribution in [1.82, 2.24) is 0 Å². The number of carbonyl (C=O) groups excluding carboxylic acids is 1. The molecular weight excluding hydrogens is 244 g/mol. The molecule has 4 atom stereocenters. The van der Waals surface area contributed by atoms with E-state index in [1.54, 1.807) is 0 Å². The molecule has 2 rings (SSSR count). The van der Waals surface area contributed by atoms with E-state index >= 15 is 0 Å². The van der Waals surface area contributed by atoms with Crippen molar-refractivity contribution in [3.05, 3.63) is 12.2 Å². The van der Waals surface area contributed by atoms with Crippen LogP contribution < -0.4 is 0 Å². The normalized spacial score (nSPS) is 35.1. The van der Waals surface area contributed by atoms with E-state index in [1.807, 2.05) is 6.08 Å². The second kappa shape index (κ2) is 5.66. The second-order valence-corrected chi connectivity index (χ2v) is 8.68. The average Bonchev–Trinajstić information content (AvgIpc) is 2.66. The first kappa shape index (κ1) is 15.8. The molecule has 0 N–H and O–H groups in total. The number of ketones is 1. The lowest BCUT2D eigenvalue weighted by atomic mass is 9.63. The van der Waals surface area contributed by atoms with Gasteiger partial charge in [0.25, 0.3) is 0 Å². The summed E-state index contributed by atoms with van der Waals surface area (Å²) in [6.45, 7) is 11.8. The van der Waals surface area contributed by atoms with Crippen molar-refractivity contribution in [3.63, 3.8) is 0 Å². The van der Waals surface area contributed by atoms with Gasteiger partial charge in [-0.25, -0.2) is 0 Å². The van der Waals surface area contributed by atoms with Crippen LogP contribution >= 0.6 is 0 Å². The van der Waals surface area contributed by atoms with Gasteiger partial charge in [0.2, 0.25) is 0 Å². The van der Waals surface area contributed by atoms with Gasteiger partial charge in [0.1, 0.15) is 0 Å². The Morgan fingerprint density at radius 1 is 1.35 bits per heavy atom. The summed E-state index contributed by atoms with van der Waals surface area (Å²) in [6.07, 6.45) is 11.4. The van der Waals surface area contributed by atoms with Crippen LogP contribution in [0.5, 0.6) is 0 Å². The molecule has 0 aromatic rings. The standard InChI is InChI=1S/C19H32O/c1-14(8-6-12-18(2,3)4)15-10-11-16-17(20)9-7-13-19(15,16)5/h7,9,14-16H,6,8,10-13H2,1-5H3/t14-,15-,16+,19-/m1/s1. The molecule has 2 aliphatic rings. The molecule has 114 valence electrons. The molecule has 2 aliphatic carbocycles. The quantitative estimate of drug-likeness (QED) is 0.672. The van der Waals surface area contributed by atoms with Gasteiger partial charge in [0.05, 0.1) is 0 Å². The third-order valence-electron chi connectivity index (χ3n) is 5.87. The summed E-state index contributed by atoms with van der Waals surface area (Å²) in [4.78, 5) is 12.1. The third-order valence-corrected chi connectivity index (χ3v) is 5.87. The maximum absolute atomic E-state index is 12.1. The molecular formula is C19H32O. The Hall–Kier alpha value is -0.590. The molecule has 1 nitrogen and oxygen atoms in total. The summed E-state index contributed by atoms with van der Waals surface area (Å²) >= 11 is 0. The van der Waals surface area contributed by atoms with Crippen LogP contribution in [0.4, 0.5) is 0 Å². The highest BCUT2D eigenvalue weighted by Gasteiger charge is 2.50. The van der Waals surface area contributed by atoms with Gasteiger partial charge in [0.15, 0.2) is 5.78 Å². The Morgan fingerprint density at radius 2 is 2.05 bits per heavy atom. The molecule has 1 fully saturated rings. The second-order valence-electron chi connectivity index (χ2n) is 8.68. The molecule has 0 aromatic carbocycles. The summed E-state index contributed by atoms with van der Waals surface area (Å²) in [7, 11) is 0. The fourth-order valence-electron chi connectivity index (χ4n) is 4.66. The summed E-state index contributed by atoms with van der Waals surface area (Å²) in [5, 5.41) is 0. The number of allylic oxidation sites excluding steroid dienone is 2. The summed E-state index contributed by atoms with van der Waals surface area (Å²) < 4.78 is 0. The Morgan fingerprint density at radius 3 is 2.70 bits per heavy atom. The molecule has 0 unspecified atom stereocenters. The van der Waals surface area contributed by atoms with Crippen molar-refractivity contribution >= 4 is 5.78 Å². The molecule has 0 aromatic heterocycles. The number of carbonyl (C=O) groups is 1. The monoisotopic (exact) mass is 276 g/mol. The van der Waals surface area contributed by atoms with Crippen LogP contribution in [-0.2, 0) is 4.79 Å². The van der Waals surface area contributed by atoms with E-state index in [0.717, 1.165) is 24.7 Å². The highest BCUT2D eigenvalue weighted by atomic mass is 16.1. The maximum Gasteiger partial charge on any atom is 0.159 e. The van der Waals surface area contributed by atoms with Gasteiger partial charge in [0, 0.05) is 5.92 Å². The minimum Gasteiger partial charge on any atom is -0.295 e. The van der Waals surface area contributed by atoms with Crippen LogP contribution in [0, 0.1) is 28.6 Å². The third kappa shape index (κ3) is 3.18. The lowest BCUT2D eigenvalue weighted by Crippen LogP contribution is -2.37. The summed E-state index contributed by atoms with van der Waals surface area (Å²) in [5.74, 6) is 2.19. The largest absolute Gasteiger partial charge is 0.295 e. The van der Waals surface area contributed by atoms with Crippen molar-refractivity contribution in [3.8, 4) is 0 Å². The first-order valence-corrected chi connectivity index (χ1v) is 8.44. The van der Waals surface area contributed by atoms with Crippen molar-refractivity contribution in [1.29, 1.82) is 0 Å². The van der Waals surface area contributed by atoms with E-state index < -0.39 is 0 Å². The molecule has 0 radical (unpaired) electrons. The molecule has 0 bridgehead atoms. The minimum atomic E-state index is 0.243. The van der Waals surface area contributed by atoms with Gasteiger partial charge >= 0.3 is 0 Å². The molecule has 1 saturated carbocycles. The fraction of sp³-hybridized carbons (Fsp3) is 0.842. The Kier molecular flexibility index (Phi) is 4.47. The molecule has 0 saturated heterocycles. The number of rotatable bonds is 4. The van der Waals surface area contributed by atoms with E-state index in [2.05, 4.69) is 40.7 Å². The predicted octanol–water partition coefficient (Wildman–Crippen LogP) is 5.40. The van der Waals surface area contributed by atoms with E-state index in [1.165, 1.54) is 25.7 Å². The number of fused-ring (bicyclic) bond motifs is 1. The van der Waals surface area contributed by atoms with Crippen LogP contribution in [0.2, 0.25) is 0 Å². The highest BCUT2D eigenvalue weighted by Crippen LogP contribution is 2.55. The Balaban J connectivity index is 1.96. The lowest BCUT2D eigenvalue weighted by Gasteiger charge is -2.40. The zero-order valence-electron chi connectivity index (χ0n) is 14.0. The minimum absolute atomic E-state index is 0.243. The van der Waals surface area contributed by atoms with Crippen molar-refractivity contribution in [2.24, 2.45) is 28.6 Å². The molecule has 20 heavy (non-hydrogen) atoms. The lowest BCUT2D eigenvalue weighted by molar-refractivity contribution is -0.122. The zero-order chi connectivity index (χ0) is 15.0. The SMILES string of the molecule is C[C@H](CCCC(C)(C)C)[C@H]1CC[C@H]2C(=O)C=CC[C@]12C. The van der Waals surface area contributed by atoms with Crippen molar-refractivity contribution in [2.45, 2.75) is 73.1 Å². The van der Waals surface area contributed by atoms with E-state index in [4.69, 9.17) is 0 Å². The zero-order valence-corrected chi connectivity index (χ0v) is 14.0. The molecule has 0 heterocycles. The maximum atomic E-state index is 12.1. The van der Waals surface area contributed by atoms with Crippen LogP contribution in [0.15, 0.2) is 12.2 Å². The Labute approximate surface area is 125 Å². The van der Waals surface area contributed by atoms with E-state index in [-0.39, 0.29) is 5.41 Å². The first-order chi connectivity index (χ1) is 9.24. The van der Waals surface area contributed by atoms with Crippen LogP contribution in [0.3, 0.4) is 0 Å². The topological polar surface area (TPSA) is 17.1 Å². The van der Waals surface area contributed by atoms with Gasteiger partial charge in [-0.1, -0.05) is 53.5 Å². The number of hydrogen-bond acceptors (Lipinski definition) is 1. The van der Waals surface area contributed by atoms with E-state index in [0.29, 0.717) is 17.1 Å². The van der Waals surface area contributed by atoms with Crippen LogP contribution in [0.1, 0.15) is 73.1 Å². The number of hydrogen-bond donors (Lipinski definition) is 0. The van der Waals surface area contributed by atoms with Gasteiger partial charge in [-0.05, 0) is 54.4 Å². The Bertz CT molecular complexity index is 387. The van der Waals surface area contributed by atoms with Crippen molar-refractivity contribution in [2.75, 3.05) is 0 Å². The van der Waals surface area contributed by atoms with Crippen molar-refractivity contribution < 1.29 is 4.79 Å². The molecule has 0 amide bonds. The highest BCUT2D eigenvalue weighted by molar-refractivity contribution is 5.93. The first-order valence-electron chi connectivity index (χ1n) is 8.44. The van der Waals surface area contributed by atoms with Gasteiger partial charge < -0.3 is 0 Å². The van der Waals surface area contributed by atoms with Gasteiger partial charge in [-0.3, -0.25) is 4.79 Å². The fourth-order valence-corrected chi connectivity index (χ4v) is 4.66. The predicted molar refractivity (Wildman–Crippen MR) is 85.6 cm³/mol. The van der Waals surface area contributed by atoms with Gasteiger partial charge in [-0.15, -0.1) is 0 Å². The van der Waals surface area contributed by atoms with Gasteiger partial charge in [-0.2, -0.15) is 0 Å². The average molecular weight is 276 g/mol.